The monoisotopic (exact) mass is 236 g/mol. The molecule has 88 valence electrons. The van der Waals surface area contributed by atoms with E-state index in [0.29, 0.717) is 0 Å². The molecule has 2 nitrogen and oxygen atoms in total. The predicted octanol–water partition coefficient (Wildman–Crippen LogP) is 2.38. The molecule has 0 bridgehead atoms. The van der Waals surface area contributed by atoms with Crippen LogP contribution in [0.2, 0.25) is 0 Å². The number of nitrogens with zero attached hydrogens (tertiary/aromatic N) is 1. The molecule has 0 aromatic carbocycles. The molecule has 3 rings (SSSR count). The Balaban J connectivity index is 1.51. The van der Waals surface area contributed by atoms with Gasteiger partial charge in [0.05, 0.1) is 0 Å². The molecule has 1 saturated carbocycles. The van der Waals surface area contributed by atoms with Crippen LogP contribution in [0.25, 0.3) is 0 Å². The fourth-order valence-electron chi connectivity index (χ4n) is 2.49. The summed E-state index contributed by atoms with van der Waals surface area (Å²) in [6.07, 6.45) is 4.14. The van der Waals surface area contributed by atoms with Crippen molar-refractivity contribution in [1.82, 2.24) is 10.2 Å². The van der Waals surface area contributed by atoms with Gasteiger partial charge in [-0.15, -0.1) is 0 Å². The molecule has 0 amide bonds. The van der Waals surface area contributed by atoms with Gasteiger partial charge in [0.15, 0.2) is 0 Å². The molecule has 0 radical (unpaired) electrons. The largest absolute Gasteiger partial charge is 0.310 e. The molecular formula is C13H20N2S. The summed E-state index contributed by atoms with van der Waals surface area (Å²) in [5, 5.41) is 8.30. The number of aryl methyl sites for hydroxylation is 1. The zero-order valence-corrected chi connectivity index (χ0v) is 10.7. The molecule has 0 spiro atoms. The molecule has 16 heavy (non-hydrogen) atoms. The van der Waals surface area contributed by atoms with E-state index in [1.807, 2.05) is 11.3 Å². The Morgan fingerprint density at radius 2 is 2.19 bits per heavy atom. The standard InChI is InChI=1S/C13H20N2S/c1-10-8-16-9-11(10)6-15-5-4-13(7-15)14-12-2-3-12/h8-9,12-14H,2-7H2,1H3. The van der Waals surface area contributed by atoms with Gasteiger partial charge in [-0.25, -0.2) is 0 Å². The highest BCUT2D eigenvalue weighted by Crippen LogP contribution is 2.23. The smallest absolute Gasteiger partial charge is 0.0245 e. The fourth-order valence-corrected chi connectivity index (χ4v) is 3.33. The first-order valence-corrected chi connectivity index (χ1v) is 7.25. The van der Waals surface area contributed by atoms with Gasteiger partial charge in [-0.1, -0.05) is 0 Å². The Morgan fingerprint density at radius 1 is 1.31 bits per heavy atom. The molecule has 2 aliphatic rings. The molecule has 1 aromatic heterocycles. The van der Waals surface area contributed by atoms with Gasteiger partial charge >= 0.3 is 0 Å². The number of rotatable bonds is 4. The van der Waals surface area contributed by atoms with Crippen LogP contribution in [0.1, 0.15) is 30.4 Å². The molecular weight excluding hydrogens is 216 g/mol. The first kappa shape index (κ1) is 10.8. The average molecular weight is 236 g/mol. The zero-order chi connectivity index (χ0) is 11.0. The van der Waals surface area contributed by atoms with Crippen molar-refractivity contribution in [3.8, 4) is 0 Å². The van der Waals surface area contributed by atoms with Crippen LogP contribution in [0, 0.1) is 6.92 Å². The van der Waals surface area contributed by atoms with Crippen LogP contribution >= 0.6 is 11.3 Å². The maximum atomic E-state index is 3.74. The predicted molar refractivity (Wildman–Crippen MR) is 68.9 cm³/mol. The van der Waals surface area contributed by atoms with E-state index in [1.165, 1.54) is 43.5 Å². The van der Waals surface area contributed by atoms with Crippen LogP contribution in [-0.4, -0.2) is 30.1 Å². The molecule has 1 aliphatic heterocycles. The van der Waals surface area contributed by atoms with Crippen molar-refractivity contribution >= 4 is 11.3 Å². The number of hydrogen-bond donors (Lipinski definition) is 1. The molecule has 1 unspecified atom stereocenters. The summed E-state index contributed by atoms with van der Waals surface area (Å²) in [6.45, 7) is 5.88. The minimum atomic E-state index is 0.756. The first-order valence-electron chi connectivity index (χ1n) is 6.31. The first-order chi connectivity index (χ1) is 7.81. The summed E-state index contributed by atoms with van der Waals surface area (Å²) in [5.74, 6) is 0. The molecule has 2 fully saturated rings. The molecule has 1 atom stereocenters. The summed E-state index contributed by atoms with van der Waals surface area (Å²) in [5.41, 5.74) is 2.99. The SMILES string of the molecule is Cc1cscc1CN1CCC(NC2CC2)C1. The van der Waals surface area contributed by atoms with Gasteiger partial charge in [-0.2, -0.15) is 11.3 Å². The Kier molecular flexibility index (Phi) is 3.01. The Bertz CT molecular complexity index is 357. The van der Waals surface area contributed by atoms with Crippen molar-refractivity contribution in [2.45, 2.75) is 44.8 Å². The third-order valence-electron chi connectivity index (χ3n) is 3.68. The van der Waals surface area contributed by atoms with Crippen LogP contribution in [0.5, 0.6) is 0 Å². The Labute approximate surface area is 102 Å². The van der Waals surface area contributed by atoms with E-state index in [0.717, 1.165) is 18.6 Å². The molecule has 3 heteroatoms. The van der Waals surface area contributed by atoms with Gasteiger partial charge in [-0.3, -0.25) is 4.90 Å². The minimum Gasteiger partial charge on any atom is -0.310 e. The van der Waals surface area contributed by atoms with Gasteiger partial charge in [0.25, 0.3) is 0 Å². The van der Waals surface area contributed by atoms with Crippen LogP contribution in [0.3, 0.4) is 0 Å². The lowest BCUT2D eigenvalue weighted by Gasteiger charge is -2.16. The van der Waals surface area contributed by atoms with Gasteiger partial charge in [0, 0.05) is 31.7 Å². The van der Waals surface area contributed by atoms with Gasteiger partial charge in [0.2, 0.25) is 0 Å². The number of likely N-dealkylation sites (tertiary alicyclic amines) is 1. The van der Waals surface area contributed by atoms with Crippen molar-refractivity contribution in [2.75, 3.05) is 13.1 Å². The van der Waals surface area contributed by atoms with Crippen molar-refractivity contribution in [1.29, 1.82) is 0 Å². The summed E-state index contributed by atoms with van der Waals surface area (Å²) in [4.78, 5) is 2.59. The maximum absolute atomic E-state index is 3.74. The van der Waals surface area contributed by atoms with Crippen molar-refractivity contribution in [3.05, 3.63) is 21.9 Å². The van der Waals surface area contributed by atoms with E-state index in [2.05, 4.69) is 27.9 Å². The lowest BCUT2D eigenvalue weighted by atomic mass is 10.2. The Morgan fingerprint density at radius 3 is 2.88 bits per heavy atom. The summed E-state index contributed by atoms with van der Waals surface area (Å²) < 4.78 is 0. The van der Waals surface area contributed by atoms with Crippen molar-refractivity contribution in [2.24, 2.45) is 0 Å². The zero-order valence-electron chi connectivity index (χ0n) is 9.91. The second-order valence-corrected chi connectivity index (χ2v) is 5.99. The molecule has 2 heterocycles. The summed E-state index contributed by atoms with van der Waals surface area (Å²) in [7, 11) is 0. The van der Waals surface area contributed by atoms with Crippen LogP contribution in [0.4, 0.5) is 0 Å². The fraction of sp³-hybridized carbons (Fsp3) is 0.692. The normalized spacial score (nSPS) is 26.4. The number of thiophene rings is 1. The van der Waals surface area contributed by atoms with E-state index in [-0.39, 0.29) is 0 Å². The third kappa shape index (κ3) is 2.47. The minimum absolute atomic E-state index is 0.756. The highest BCUT2D eigenvalue weighted by molar-refractivity contribution is 7.08. The van der Waals surface area contributed by atoms with Gasteiger partial charge in [0.1, 0.15) is 0 Å². The molecule has 1 saturated heterocycles. The molecule has 1 N–H and O–H groups in total. The number of hydrogen-bond acceptors (Lipinski definition) is 3. The molecule has 1 aromatic rings. The summed E-state index contributed by atoms with van der Waals surface area (Å²) in [6, 6.07) is 1.61. The van der Waals surface area contributed by atoms with E-state index in [9.17, 15) is 0 Å². The Hall–Kier alpha value is -0.380. The van der Waals surface area contributed by atoms with E-state index in [4.69, 9.17) is 0 Å². The van der Waals surface area contributed by atoms with E-state index >= 15 is 0 Å². The molecule has 1 aliphatic carbocycles. The van der Waals surface area contributed by atoms with Crippen molar-refractivity contribution in [3.63, 3.8) is 0 Å². The lowest BCUT2D eigenvalue weighted by molar-refractivity contribution is 0.319. The highest BCUT2D eigenvalue weighted by atomic mass is 32.1. The number of nitrogens with one attached hydrogen (secondary N) is 1. The van der Waals surface area contributed by atoms with Crippen LogP contribution in [-0.2, 0) is 6.54 Å². The van der Waals surface area contributed by atoms with Gasteiger partial charge < -0.3 is 5.32 Å². The van der Waals surface area contributed by atoms with Crippen LogP contribution in [0.15, 0.2) is 10.8 Å². The average Bonchev–Trinajstić information content (AvgIpc) is 2.82. The van der Waals surface area contributed by atoms with Gasteiger partial charge in [-0.05, 0) is 48.1 Å². The van der Waals surface area contributed by atoms with Crippen molar-refractivity contribution < 1.29 is 0 Å². The van der Waals surface area contributed by atoms with E-state index < -0.39 is 0 Å². The third-order valence-corrected chi connectivity index (χ3v) is 4.59. The summed E-state index contributed by atoms with van der Waals surface area (Å²) >= 11 is 1.83. The van der Waals surface area contributed by atoms with E-state index in [1.54, 1.807) is 0 Å². The lowest BCUT2D eigenvalue weighted by Crippen LogP contribution is -2.33. The maximum Gasteiger partial charge on any atom is 0.0245 e. The topological polar surface area (TPSA) is 15.3 Å². The second kappa shape index (κ2) is 4.47. The second-order valence-electron chi connectivity index (χ2n) is 5.24. The quantitative estimate of drug-likeness (QED) is 0.863. The van der Waals surface area contributed by atoms with Crippen LogP contribution < -0.4 is 5.32 Å². The highest BCUT2D eigenvalue weighted by Gasteiger charge is 2.29.